The molecule has 1 aliphatic rings. The Hall–Kier alpha value is -1.19. The summed E-state index contributed by atoms with van der Waals surface area (Å²) in [6.45, 7) is 4.15. The molecule has 1 saturated heterocycles. The van der Waals surface area contributed by atoms with E-state index in [4.69, 9.17) is 4.74 Å². The minimum absolute atomic E-state index is 0.301. The number of aliphatic hydroxyl groups is 1. The molecule has 80 valence electrons. The molecule has 1 N–H and O–H groups in total. The number of aromatic nitrogens is 1. The normalized spacial score (nSPS) is 31.1. The van der Waals surface area contributed by atoms with Crippen molar-refractivity contribution in [2.75, 3.05) is 6.61 Å². The van der Waals surface area contributed by atoms with Gasteiger partial charge in [0.25, 0.3) is 0 Å². The van der Waals surface area contributed by atoms with E-state index < -0.39 is 5.79 Å². The summed E-state index contributed by atoms with van der Waals surface area (Å²) in [7, 11) is 0. The number of hydrogen-bond donors (Lipinski definition) is 1. The van der Waals surface area contributed by atoms with Crippen LogP contribution in [0.2, 0.25) is 0 Å². The van der Waals surface area contributed by atoms with Crippen molar-refractivity contribution >= 4 is 0 Å². The van der Waals surface area contributed by atoms with Crippen molar-refractivity contribution in [3.05, 3.63) is 42.7 Å². The summed E-state index contributed by atoms with van der Waals surface area (Å²) in [6.07, 6.45) is 6.54. The van der Waals surface area contributed by atoms with Crippen LogP contribution in [0.5, 0.6) is 0 Å². The van der Waals surface area contributed by atoms with Gasteiger partial charge in [-0.2, -0.15) is 0 Å². The van der Waals surface area contributed by atoms with Gasteiger partial charge in [-0.15, -0.1) is 0 Å². The molecule has 1 aromatic rings. The smallest absolute Gasteiger partial charge is 0.185 e. The SMILES string of the molecule is C=CC1(O)CC(c2cccnc2)CCO1. The van der Waals surface area contributed by atoms with Gasteiger partial charge in [-0.3, -0.25) is 4.98 Å². The fourth-order valence-corrected chi connectivity index (χ4v) is 1.94. The third kappa shape index (κ3) is 2.25. The Morgan fingerprint density at radius 1 is 1.67 bits per heavy atom. The molecule has 0 aromatic carbocycles. The van der Waals surface area contributed by atoms with Crippen molar-refractivity contribution in [2.45, 2.75) is 24.5 Å². The average molecular weight is 205 g/mol. The first-order valence-electron chi connectivity index (χ1n) is 5.13. The van der Waals surface area contributed by atoms with Crippen LogP contribution in [0, 0.1) is 0 Å². The van der Waals surface area contributed by atoms with E-state index in [-0.39, 0.29) is 0 Å². The molecule has 2 rings (SSSR count). The van der Waals surface area contributed by atoms with E-state index >= 15 is 0 Å². The van der Waals surface area contributed by atoms with E-state index in [0.29, 0.717) is 18.9 Å². The molecule has 1 aliphatic heterocycles. The van der Waals surface area contributed by atoms with Crippen LogP contribution in [-0.2, 0) is 4.74 Å². The lowest BCUT2D eigenvalue weighted by Crippen LogP contribution is -2.36. The van der Waals surface area contributed by atoms with Gasteiger partial charge in [0.15, 0.2) is 5.79 Å². The average Bonchev–Trinajstić information content (AvgIpc) is 2.30. The maximum Gasteiger partial charge on any atom is 0.185 e. The van der Waals surface area contributed by atoms with Crippen molar-refractivity contribution < 1.29 is 9.84 Å². The molecule has 1 aromatic heterocycles. The molecule has 2 heterocycles. The molecule has 0 spiro atoms. The Morgan fingerprint density at radius 2 is 2.53 bits per heavy atom. The first kappa shape index (κ1) is 10.3. The maximum absolute atomic E-state index is 9.95. The second-order valence-corrected chi connectivity index (χ2v) is 3.87. The van der Waals surface area contributed by atoms with Gasteiger partial charge < -0.3 is 9.84 Å². The lowest BCUT2D eigenvalue weighted by molar-refractivity contribution is -0.193. The topological polar surface area (TPSA) is 42.4 Å². The van der Waals surface area contributed by atoms with Crippen LogP contribution in [0.15, 0.2) is 37.2 Å². The van der Waals surface area contributed by atoms with E-state index in [1.807, 2.05) is 18.3 Å². The van der Waals surface area contributed by atoms with Crippen molar-refractivity contribution in [1.82, 2.24) is 4.98 Å². The molecular weight excluding hydrogens is 190 g/mol. The van der Waals surface area contributed by atoms with E-state index in [0.717, 1.165) is 12.0 Å². The fraction of sp³-hybridized carbons (Fsp3) is 0.417. The van der Waals surface area contributed by atoms with E-state index in [9.17, 15) is 5.11 Å². The third-order valence-corrected chi connectivity index (χ3v) is 2.83. The van der Waals surface area contributed by atoms with Crippen LogP contribution < -0.4 is 0 Å². The van der Waals surface area contributed by atoms with E-state index in [2.05, 4.69) is 11.6 Å². The van der Waals surface area contributed by atoms with Crippen molar-refractivity contribution in [3.63, 3.8) is 0 Å². The highest BCUT2D eigenvalue weighted by molar-refractivity contribution is 5.16. The molecule has 3 nitrogen and oxygen atoms in total. The van der Waals surface area contributed by atoms with Gasteiger partial charge >= 0.3 is 0 Å². The van der Waals surface area contributed by atoms with Crippen LogP contribution in [0.1, 0.15) is 24.3 Å². The first-order chi connectivity index (χ1) is 7.23. The monoisotopic (exact) mass is 205 g/mol. The summed E-state index contributed by atoms with van der Waals surface area (Å²) in [5, 5.41) is 9.95. The molecule has 2 unspecified atom stereocenters. The molecule has 1 fully saturated rings. The van der Waals surface area contributed by atoms with Gasteiger partial charge in [0.05, 0.1) is 6.61 Å². The van der Waals surface area contributed by atoms with Crippen LogP contribution in [-0.4, -0.2) is 22.5 Å². The Balaban J connectivity index is 2.15. The molecule has 3 heteroatoms. The molecule has 0 saturated carbocycles. The van der Waals surface area contributed by atoms with Gasteiger partial charge in [-0.05, 0) is 30.0 Å². The summed E-state index contributed by atoms with van der Waals surface area (Å²) < 4.78 is 5.28. The zero-order valence-corrected chi connectivity index (χ0v) is 8.60. The molecule has 0 radical (unpaired) electrons. The second kappa shape index (κ2) is 4.13. The zero-order valence-electron chi connectivity index (χ0n) is 8.60. The summed E-state index contributed by atoms with van der Waals surface area (Å²) in [4.78, 5) is 4.09. The quantitative estimate of drug-likeness (QED) is 0.749. The second-order valence-electron chi connectivity index (χ2n) is 3.87. The number of nitrogens with zero attached hydrogens (tertiary/aromatic N) is 1. The number of pyridine rings is 1. The predicted molar refractivity (Wildman–Crippen MR) is 57.3 cm³/mol. The Labute approximate surface area is 89.4 Å². The summed E-state index contributed by atoms with van der Waals surface area (Å²) in [5.41, 5.74) is 1.15. The van der Waals surface area contributed by atoms with Gasteiger partial charge in [0.2, 0.25) is 0 Å². The summed E-state index contributed by atoms with van der Waals surface area (Å²) in [6, 6.07) is 3.95. The lowest BCUT2D eigenvalue weighted by Gasteiger charge is -2.34. The van der Waals surface area contributed by atoms with Crippen LogP contribution in [0.3, 0.4) is 0 Å². The van der Waals surface area contributed by atoms with Crippen molar-refractivity contribution in [3.8, 4) is 0 Å². The maximum atomic E-state index is 9.95. The molecular formula is C12H15NO2. The highest BCUT2D eigenvalue weighted by Gasteiger charge is 2.33. The molecule has 0 bridgehead atoms. The molecule has 15 heavy (non-hydrogen) atoms. The minimum Gasteiger partial charge on any atom is -0.362 e. The molecule has 0 amide bonds. The fourth-order valence-electron chi connectivity index (χ4n) is 1.94. The van der Waals surface area contributed by atoms with Crippen LogP contribution in [0.4, 0.5) is 0 Å². The first-order valence-corrected chi connectivity index (χ1v) is 5.13. The highest BCUT2D eigenvalue weighted by Crippen LogP contribution is 2.34. The summed E-state index contributed by atoms with van der Waals surface area (Å²) in [5.74, 6) is -0.867. The number of hydrogen-bond acceptors (Lipinski definition) is 3. The highest BCUT2D eigenvalue weighted by atomic mass is 16.6. The Bertz CT molecular complexity index is 339. The lowest BCUT2D eigenvalue weighted by atomic mass is 9.88. The van der Waals surface area contributed by atoms with E-state index in [1.54, 1.807) is 6.20 Å². The van der Waals surface area contributed by atoms with Crippen molar-refractivity contribution in [1.29, 1.82) is 0 Å². The third-order valence-electron chi connectivity index (χ3n) is 2.83. The Morgan fingerprint density at radius 3 is 3.20 bits per heavy atom. The van der Waals surface area contributed by atoms with Crippen LogP contribution >= 0.6 is 0 Å². The van der Waals surface area contributed by atoms with Gasteiger partial charge in [-0.1, -0.05) is 12.6 Å². The summed E-state index contributed by atoms with van der Waals surface area (Å²) >= 11 is 0. The number of ether oxygens (including phenoxy) is 1. The largest absolute Gasteiger partial charge is 0.362 e. The van der Waals surface area contributed by atoms with E-state index in [1.165, 1.54) is 6.08 Å². The van der Waals surface area contributed by atoms with Gasteiger partial charge in [0, 0.05) is 18.8 Å². The van der Waals surface area contributed by atoms with Crippen molar-refractivity contribution in [2.24, 2.45) is 0 Å². The zero-order chi connectivity index (χ0) is 10.7. The molecule has 2 atom stereocenters. The Kier molecular flexibility index (Phi) is 2.84. The standard InChI is InChI=1S/C12H15NO2/c1-2-12(14)8-10(5-7-15-12)11-4-3-6-13-9-11/h2-4,6,9-10,14H,1,5,7-8H2. The number of rotatable bonds is 2. The van der Waals surface area contributed by atoms with Crippen LogP contribution in [0.25, 0.3) is 0 Å². The van der Waals surface area contributed by atoms with Gasteiger partial charge in [-0.25, -0.2) is 0 Å². The van der Waals surface area contributed by atoms with Gasteiger partial charge in [0.1, 0.15) is 0 Å². The minimum atomic E-state index is -1.17. The molecule has 0 aliphatic carbocycles. The predicted octanol–water partition coefficient (Wildman–Crippen LogP) is 1.85.